The van der Waals surface area contributed by atoms with E-state index in [-0.39, 0.29) is 44.4 Å². The van der Waals surface area contributed by atoms with E-state index in [2.05, 4.69) is 63.1 Å². The molecule has 0 saturated heterocycles. The van der Waals surface area contributed by atoms with Crippen molar-refractivity contribution in [2.75, 3.05) is 19.7 Å². The van der Waals surface area contributed by atoms with Crippen LogP contribution < -0.4 is 31.9 Å². The van der Waals surface area contributed by atoms with E-state index < -0.39 is 83.3 Å². The number of hydrogen-bond acceptors (Lipinski definition) is 10. The number of carboxylic acid groups (broad SMARTS) is 1. The fourth-order valence-corrected chi connectivity index (χ4v) is 7.20. The molecule has 0 aliphatic heterocycles. The number of alkyl carbamates (subject to hydrolysis) is 2. The molecule has 1 unspecified atom stereocenters. The van der Waals surface area contributed by atoms with Crippen molar-refractivity contribution in [1.29, 1.82) is 0 Å². The second-order valence-electron chi connectivity index (χ2n) is 20.4. The Hall–Kier alpha value is -5.71. The van der Waals surface area contributed by atoms with Crippen LogP contribution in [0.3, 0.4) is 0 Å². The van der Waals surface area contributed by atoms with Crippen LogP contribution in [0.25, 0.3) is 11.1 Å². The van der Waals surface area contributed by atoms with Crippen LogP contribution in [0.4, 0.5) is 9.59 Å². The second kappa shape index (κ2) is 28.1. The molecule has 0 heterocycles. The van der Waals surface area contributed by atoms with Crippen molar-refractivity contribution >= 4 is 41.8 Å². The van der Waals surface area contributed by atoms with Gasteiger partial charge in [0.2, 0.25) is 17.7 Å². The summed E-state index contributed by atoms with van der Waals surface area (Å²) >= 11 is 0. The first-order valence-corrected chi connectivity index (χ1v) is 24.7. The van der Waals surface area contributed by atoms with E-state index in [1.807, 2.05) is 26.0 Å². The van der Waals surface area contributed by atoms with Crippen LogP contribution in [0.2, 0.25) is 0 Å². The molecule has 3 rings (SSSR count). The van der Waals surface area contributed by atoms with E-state index in [0.29, 0.717) is 44.1 Å². The van der Waals surface area contributed by atoms with Gasteiger partial charge in [-0.2, -0.15) is 0 Å². The Morgan fingerprint density at radius 3 is 1.64 bits per heavy atom. The van der Waals surface area contributed by atoms with E-state index in [9.17, 15) is 38.7 Å². The maximum Gasteiger partial charge on any atom is 0.407 e. The largest absolute Gasteiger partial charge is 0.480 e. The Bertz CT molecular complexity index is 1970. The van der Waals surface area contributed by atoms with Crippen molar-refractivity contribution in [3.63, 3.8) is 0 Å². The molecule has 17 nitrogen and oxygen atoms in total. The Balaban J connectivity index is 1.78. The van der Waals surface area contributed by atoms with Gasteiger partial charge >= 0.3 is 18.2 Å². The topological polar surface area (TPSA) is 240 Å². The van der Waals surface area contributed by atoms with Gasteiger partial charge < -0.3 is 51.2 Å². The Kier molecular flexibility index (Phi) is 23.4. The molecule has 1 fully saturated rings. The fourth-order valence-electron chi connectivity index (χ4n) is 7.20. The molecule has 384 valence electrons. The van der Waals surface area contributed by atoms with E-state index >= 15 is 0 Å². The van der Waals surface area contributed by atoms with Crippen molar-refractivity contribution in [2.45, 2.75) is 181 Å². The molecule has 0 bridgehead atoms. The van der Waals surface area contributed by atoms with Gasteiger partial charge in [-0.05, 0) is 153 Å². The van der Waals surface area contributed by atoms with Crippen LogP contribution in [0.5, 0.6) is 0 Å². The molecule has 2 aromatic rings. The number of hydrogen-bond donors (Lipinski definition) is 7. The molecule has 1 aliphatic rings. The molecular formula is C52H80N6O11. The number of nitrogens with one attached hydrogen (secondary N) is 6. The lowest BCUT2D eigenvalue weighted by Gasteiger charge is -2.29. The molecule has 0 aromatic heterocycles. The molecule has 2 aromatic carbocycles. The Morgan fingerprint density at radius 1 is 0.638 bits per heavy atom. The van der Waals surface area contributed by atoms with Gasteiger partial charge in [-0.15, -0.1) is 0 Å². The molecule has 1 saturated carbocycles. The van der Waals surface area contributed by atoms with E-state index in [1.165, 1.54) is 5.56 Å². The van der Waals surface area contributed by atoms with Crippen LogP contribution in [-0.2, 0) is 39.8 Å². The zero-order valence-electron chi connectivity index (χ0n) is 42.6. The quantitative estimate of drug-likeness (QED) is 0.0421. The predicted octanol–water partition coefficient (Wildman–Crippen LogP) is 7.19. The number of unbranched alkanes of at least 4 members (excludes halogenated alkanes) is 3. The number of rotatable bonds is 28. The van der Waals surface area contributed by atoms with Crippen LogP contribution in [0, 0.1) is 11.8 Å². The van der Waals surface area contributed by atoms with Gasteiger partial charge in [-0.1, -0.05) is 63.6 Å². The van der Waals surface area contributed by atoms with Crippen molar-refractivity contribution in [2.24, 2.45) is 11.8 Å². The average Bonchev–Trinajstić information content (AvgIpc) is 4.11. The molecule has 17 heteroatoms. The molecule has 1 aliphatic carbocycles. The number of amides is 6. The van der Waals surface area contributed by atoms with E-state index in [1.54, 1.807) is 60.6 Å². The van der Waals surface area contributed by atoms with Gasteiger partial charge in [0.05, 0.1) is 6.10 Å². The normalized spacial score (nSPS) is 14.8. The summed E-state index contributed by atoms with van der Waals surface area (Å²) in [7, 11) is 0. The van der Waals surface area contributed by atoms with Crippen LogP contribution in [-0.4, -0.2) is 108 Å². The van der Waals surface area contributed by atoms with Gasteiger partial charge in [-0.25, -0.2) is 14.4 Å². The summed E-state index contributed by atoms with van der Waals surface area (Å²) in [5.74, 6) is -3.99. The van der Waals surface area contributed by atoms with E-state index in [4.69, 9.17) is 14.2 Å². The minimum absolute atomic E-state index is 0.0719. The summed E-state index contributed by atoms with van der Waals surface area (Å²) in [6.07, 6.45) is 4.28. The third-order valence-electron chi connectivity index (χ3n) is 11.1. The third kappa shape index (κ3) is 22.5. The smallest absolute Gasteiger partial charge is 0.407 e. The van der Waals surface area contributed by atoms with Crippen molar-refractivity contribution in [1.82, 2.24) is 31.9 Å². The monoisotopic (exact) mass is 965 g/mol. The number of carbonyl (C=O) groups is 7. The van der Waals surface area contributed by atoms with Gasteiger partial charge in [0.15, 0.2) is 0 Å². The summed E-state index contributed by atoms with van der Waals surface area (Å²) in [5.41, 5.74) is 2.16. The van der Waals surface area contributed by atoms with Crippen molar-refractivity contribution in [3.05, 3.63) is 59.7 Å². The molecular weight excluding hydrogens is 885 g/mol. The number of carbonyl (C=O) groups excluding carboxylic acids is 6. The Labute approximate surface area is 409 Å². The summed E-state index contributed by atoms with van der Waals surface area (Å²) in [6.45, 7) is 18.9. The predicted molar refractivity (Wildman–Crippen MR) is 264 cm³/mol. The highest BCUT2D eigenvalue weighted by atomic mass is 16.6. The molecule has 0 spiro atoms. The average molecular weight is 965 g/mol. The van der Waals surface area contributed by atoms with Crippen molar-refractivity contribution < 1.29 is 52.9 Å². The van der Waals surface area contributed by atoms with Crippen molar-refractivity contribution in [3.8, 4) is 11.1 Å². The number of benzene rings is 2. The fraction of sp³-hybridized carbons (Fsp3) is 0.635. The van der Waals surface area contributed by atoms with Gasteiger partial charge in [0, 0.05) is 25.3 Å². The summed E-state index contributed by atoms with van der Waals surface area (Å²) in [5, 5.41) is 26.4. The zero-order valence-corrected chi connectivity index (χ0v) is 42.6. The Morgan fingerprint density at radius 2 is 1.16 bits per heavy atom. The van der Waals surface area contributed by atoms with Crippen LogP contribution in [0.15, 0.2) is 48.5 Å². The lowest BCUT2D eigenvalue weighted by molar-refractivity contribution is -0.143. The maximum absolute atomic E-state index is 14.3. The van der Waals surface area contributed by atoms with Gasteiger partial charge in [0.25, 0.3) is 5.91 Å². The first kappa shape index (κ1) is 57.6. The molecule has 0 radical (unpaired) electrons. The molecule has 7 N–H and O–H groups in total. The zero-order chi connectivity index (χ0) is 51.3. The highest BCUT2D eigenvalue weighted by molar-refractivity contribution is 5.99. The first-order valence-electron chi connectivity index (χ1n) is 24.7. The number of carboxylic acids is 1. The lowest BCUT2D eigenvalue weighted by Crippen LogP contribution is -2.61. The van der Waals surface area contributed by atoms with Crippen LogP contribution in [0.1, 0.15) is 149 Å². The molecule has 69 heavy (non-hydrogen) atoms. The summed E-state index contributed by atoms with van der Waals surface area (Å²) < 4.78 is 16.6. The summed E-state index contributed by atoms with van der Waals surface area (Å²) in [6, 6.07) is 10.6. The SMILES string of the molecule is CCCCc1ccc(-c2ccc(C(=O)N[C@@H](CCCCNC(=O)OC(C)(C)C)C(=O)N[C@H](C(=O)N[C@H](C(=O)N[C@@H](CCCCNC(=O)OC(C)(C)C)C(=O)O)C3CC3)C(C)OCC(C)C)cc2)cc1. The first-order chi connectivity index (χ1) is 32.5. The van der Waals surface area contributed by atoms with Crippen LogP contribution >= 0.6 is 0 Å². The lowest BCUT2D eigenvalue weighted by atomic mass is 10.0. The highest BCUT2D eigenvalue weighted by Gasteiger charge is 2.41. The van der Waals surface area contributed by atoms with Gasteiger partial charge in [-0.3, -0.25) is 19.2 Å². The summed E-state index contributed by atoms with van der Waals surface area (Å²) in [4.78, 5) is 92.7. The third-order valence-corrected chi connectivity index (χ3v) is 11.1. The molecule has 6 amide bonds. The maximum atomic E-state index is 14.3. The minimum Gasteiger partial charge on any atom is -0.480 e. The molecule has 5 atom stereocenters. The number of aryl methyl sites for hydroxylation is 1. The number of ether oxygens (including phenoxy) is 3. The van der Waals surface area contributed by atoms with E-state index in [0.717, 1.165) is 30.4 Å². The second-order valence-corrected chi connectivity index (χ2v) is 20.4. The van der Waals surface area contributed by atoms with Gasteiger partial charge in [0.1, 0.15) is 35.4 Å². The standard InChI is InChI=1S/C52H80N6O11/c1-11-12-17-35-20-22-36(23-21-35)37-24-28-39(29-25-37)44(59)55-40(18-13-15-30-53-49(65)68-51(5,6)7)45(60)57-42(34(4)67-32-33(2)3)46(61)58-43(38-26-27-38)47(62)56-41(48(63)64)19-14-16-31-54-50(66)69-52(8,9)10/h20-25,28-29,33-34,38,40-43H,11-19,26-27,30-32H2,1-10H3,(H,53,65)(H,54,66)(H,55,59)(H,56,62)(H,57,60)(H,58,61)(H,63,64)/t34?,40-,41-,42-,43-/m0/s1. The highest BCUT2D eigenvalue weighted by Crippen LogP contribution is 2.33. The minimum atomic E-state index is -1.32. The number of aliphatic carboxylic acids is 1.